The first-order valence-electron chi connectivity index (χ1n) is 11.2. The second-order valence-corrected chi connectivity index (χ2v) is 10.5. The van der Waals surface area contributed by atoms with Gasteiger partial charge >= 0.3 is 6.18 Å². The number of amides is 1. The number of piperidine rings is 1. The predicted molar refractivity (Wildman–Crippen MR) is 118 cm³/mol. The molecule has 2 aliphatic heterocycles. The van der Waals surface area contributed by atoms with E-state index in [1.165, 1.54) is 18.6 Å². The maximum Gasteiger partial charge on any atom is 0.416 e. The van der Waals surface area contributed by atoms with Gasteiger partial charge in [0.25, 0.3) is 5.91 Å². The first-order valence-corrected chi connectivity index (χ1v) is 12.5. The molecule has 1 aromatic rings. The number of carbonyl (C=O) groups excluding carboxylic acids is 1. The van der Waals surface area contributed by atoms with E-state index in [2.05, 4.69) is 5.32 Å². The third-order valence-electron chi connectivity index (χ3n) is 6.81. The smallest absolute Gasteiger partial charge is 0.416 e. The molecule has 1 amide bonds. The average molecular weight is 471 g/mol. The van der Waals surface area contributed by atoms with Crippen LogP contribution >= 0.6 is 0 Å². The fraction of sp³-hybridized carbons (Fsp3) is 0.636. The Balaban J connectivity index is 1.35. The van der Waals surface area contributed by atoms with Crippen molar-refractivity contribution in [2.45, 2.75) is 63.1 Å². The highest BCUT2D eigenvalue weighted by Crippen LogP contribution is 2.36. The molecule has 1 aromatic carbocycles. The second kappa shape index (κ2) is 9.23. The monoisotopic (exact) mass is 470 g/mol. The molecule has 3 aliphatic rings. The summed E-state index contributed by atoms with van der Waals surface area (Å²) in [7, 11) is 0. The summed E-state index contributed by atoms with van der Waals surface area (Å²) in [6.45, 7) is 0.852. The Morgan fingerprint density at radius 2 is 1.91 bits per heavy atom. The van der Waals surface area contributed by atoms with E-state index in [0.717, 1.165) is 37.6 Å². The molecule has 4 rings (SSSR count). The van der Waals surface area contributed by atoms with Crippen molar-refractivity contribution >= 4 is 28.8 Å². The van der Waals surface area contributed by atoms with E-state index in [4.69, 9.17) is 10.7 Å². The van der Waals surface area contributed by atoms with E-state index in [1.807, 2.05) is 0 Å². The van der Waals surface area contributed by atoms with E-state index in [-0.39, 0.29) is 29.3 Å². The van der Waals surface area contributed by atoms with Gasteiger partial charge in [-0.15, -0.1) is 4.31 Å². The van der Waals surface area contributed by atoms with Crippen LogP contribution in [0.2, 0.25) is 0 Å². The summed E-state index contributed by atoms with van der Waals surface area (Å²) in [5.74, 6) is 1.15. The van der Waals surface area contributed by atoms with E-state index >= 15 is 0 Å². The molecule has 2 heterocycles. The summed E-state index contributed by atoms with van der Waals surface area (Å²) >= 11 is -1.43. The lowest BCUT2D eigenvalue weighted by Gasteiger charge is -2.35. The lowest BCUT2D eigenvalue weighted by molar-refractivity contribution is -0.138. The van der Waals surface area contributed by atoms with E-state index in [9.17, 15) is 22.5 Å². The Morgan fingerprint density at radius 1 is 1.22 bits per heavy atom. The minimum atomic E-state index is -4.51. The van der Waals surface area contributed by atoms with E-state index in [0.29, 0.717) is 31.8 Å². The minimum absolute atomic E-state index is 0.0356. The molecule has 0 radical (unpaired) electrons. The van der Waals surface area contributed by atoms with Gasteiger partial charge in [0.15, 0.2) is 0 Å². The highest BCUT2D eigenvalue weighted by atomic mass is 32.2. The van der Waals surface area contributed by atoms with Crippen LogP contribution in [0.25, 0.3) is 0 Å². The molecule has 2 fully saturated rings. The fourth-order valence-electron chi connectivity index (χ4n) is 4.91. The van der Waals surface area contributed by atoms with Gasteiger partial charge in [0.1, 0.15) is 17.1 Å². The van der Waals surface area contributed by atoms with Crippen molar-refractivity contribution in [3.63, 3.8) is 0 Å². The summed E-state index contributed by atoms with van der Waals surface area (Å²) in [5.41, 5.74) is 4.08. The van der Waals surface area contributed by atoms with Crippen molar-refractivity contribution in [2.24, 2.45) is 10.9 Å². The number of nitrogens with one attached hydrogen (secondary N) is 1. The molecular formula is C22H29F3N4O2S. The van der Waals surface area contributed by atoms with Gasteiger partial charge in [0, 0.05) is 42.5 Å². The van der Waals surface area contributed by atoms with Gasteiger partial charge in [-0.05, 0) is 43.4 Å². The van der Waals surface area contributed by atoms with Gasteiger partial charge in [-0.2, -0.15) is 13.2 Å². The fourth-order valence-corrected chi connectivity index (χ4v) is 6.15. The van der Waals surface area contributed by atoms with Crippen LogP contribution < -0.4 is 11.1 Å². The van der Waals surface area contributed by atoms with Crippen LogP contribution in [-0.4, -0.2) is 45.0 Å². The molecule has 10 heteroatoms. The molecule has 1 atom stereocenters. The zero-order chi connectivity index (χ0) is 22.9. The predicted octanol–water partition coefficient (Wildman–Crippen LogP) is 3.44. The molecule has 0 aromatic heterocycles. The van der Waals surface area contributed by atoms with Crippen molar-refractivity contribution in [1.82, 2.24) is 9.62 Å². The zero-order valence-electron chi connectivity index (χ0n) is 17.9. The molecule has 0 bridgehead atoms. The van der Waals surface area contributed by atoms with Gasteiger partial charge in [0.05, 0.1) is 5.56 Å². The Kier molecular flexibility index (Phi) is 6.74. The minimum Gasteiger partial charge on any atom is -0.598 e. The number of aryl methyl sites for hydroxylation is 1. The average Bonchev–Trinajstić information content (AvgIpc) is 3.09. The van der Waals surface area contributed by atoms with Crippen LogP contribution in [0.3, 0.4) is 0 Å². The van der Waals surface area contributed by atoms with Gasteiger partial charge in [-0.3, -0.25) is 9.79 Å². The van der Waals surface area contributed by atoms with Crippen molar-refractivity contribution in [2.75, 3.05) is 24.6 Å². The van der Waals surface area contributed by atoms with Gasteiger partial charge < -0.3 is 15.6 Å². The first kappa shape index (κ1) is 23.4. The van der Waals surface area contributed by atoms with Crippen molar-refractivity contribution in [3.8, 4) is 0 Å². The number of anilines is 1. The van der Waals surface area contributed by atoms with Gasteiger partial charge in [-0.1, -0.05) is 25.3 Å². The number of nitrogen functional groups attached to an aromatic ring is 1. The van der Waals surface area contributed by atoms with Crippen molar-refractivity contribution in [1.29, 1.82) is 0 Å². The van der Waals surface area contributed by atoms with Crippen LogP contribution in [0.1, 0.15) is 56.1 Å². The maximum atomic E-state index is 13.3. The van der Waals surface area contributed by atoms with E-state index < -0.39 is 28.6 Å². The molecule has 32 heavy (non-hydrogen) atoms. The SMILES string of the molecule is Nc1ccc(CC[S@+]([O-])N2CCC3(CC2)N=C(C2CCCCC2)NC3=O)c(C(F)(F)F)c1. The highest BCUT2D eigenvalue weighted by molar-refractivity contribution is 7.89. The Hall–Kier alpha value is -1.78. The number of hydrogen-bond donors (Lipinski definition) is 2. The molecule has 1 aliphatic carbocycles. The number of amidine groups is 1. The van der Waals surface area contributed by atoms with Crippen LogP contribution in [-0.2, 0) is 28.8 Å². The Morgan fingerprint density at radius 3 is 2.56 bits per heavy atom. The lowest BCUT2D eigenvalue weighted by atomic mass is 9.88. The van der Waals surface area contributed by atoms with Crippen molar-refractivity contribution in [3.05, 3.63) is 29.3 Å². The molecule has 176 valence electrons. The number of rotatable bonds is 5. The first-order chi connectivity index (χ1) is 15.2. The van der Waals surface area contributed by atoms with Crippen LogP contribution in [0.15, 0.2) is 23.2 Å². The number of hydrogen-bond acceptors (Lipinski definition) is 5. The third-order valence-corrected chi connectivity index (χ3v) is 8.31. The van der Waals surface area contributed by atoms with Gasteiger partial charge in [-0.25, -0.2) is 0 Å². The second-order valence-electron chi connectivity index (χ2n) is 8.94. The van der Waals surface area contributed by atoms with E-state index in [1.54, 1.807) is 4.31 Å². The Labute approximate surface area is 189 Å². The summed E-state index contributed by atoms with van der Waals surface area (Å²) in [5, 5.41) is 3.00. The highest BCUT2D eigenvalue weighted by Gasteiger charge is 2.48. The molecular weight excluding hydrogens is 441 g/mol. The number of halogens is 3. The van der Waals surface area contributed by atoms with Crippen LogP contribution in [0.4, 0.5) is 18.9 Å². The molecule has 3 N–H and O–H groups in total. The normalized spacial score (nSPS) is 23.2. The topological polar surface area (TPSA) is 93.8 Å². The van der Waals surface area contributed by atoms with Crippen molar-refractivity contribution < 1.29 is 22.5 Å². The number of alkyl halides is 3. The summed E-state index contributed by atoms with van der Waals surface area (Å²) in [4.78, 5) is 17.5. The summed E-state index contributed by atoms with van der Waals surface area (Å²) in [6.07, 6.45) is 2.11. The molecule has 1 saturated carbocycles. The quantitative estimate of drug-likeness (QED) is 0.509. The molecule has 6 nitrogen and oxygen atoms in total. The Bertz CT molecular complexity index is 878. The largest absolute Gasteiger partial charge is 0.598 e. The third kappa shape index (κ3) is 4.92. The van der Waals surface area contributed by atoms with Gasteiger partial charge in [0.2, 0.25) is 0 Å². The molecule has 0 unspecified atom stereocenters. The standard InChI is InChI=1S/C22H29F3N4O2S/c23-22(24,25)18-14-17(26)7-6-15(18)8-13-32(31)29-11-9-21(10-12-29)20(30)27-19(28-21)16-4-2-1-3-5-16/h6-7,14,16H,1-5,8-13,26H2,(H,27,28,30)/t32-/m0/s1. The molecule has 1 saturated heterocycles. The maximum absolute atomic E-state index is 13.3. The van der Waals surface area contributed by atoms with Crippen LogP contribution in [0, 0.1) is 5.92 Å². The number of nitrogens with two attached hydrogens (primary N) is 1. The van der Waals surface area contributed by atoms with Crippen LogP contribution in [0.5, 0.6) is 0 Å². The molecule has 1 spiro atoms. The lowest BCUT2D eigenvalue weighted by Crippen LogP contribution is -2.51. The zero-order valence-corrected chi connectivity index (χ0v) is 18.7. The number of benzene rings is 1. The number of nitrogens with zero attached hydrogens (tertiary/aromatic N) is 2. The summed E-state index contributed by atoms with van der Waals surface area (Å²) < 4.78 is 54.4. The summed E-state index contributed by atoms with van der Waals surface area (Å²) in [6, 6.07) is 3.70. The number of aliphatic imine (C=N–C) groups is 1. The number of carbonyl (C=O) groups is 1.